The second-order valence-electron chi connectivity index (χ2n) is 5.31. The van der Waals surface area contributed by atoms with E-state index < -0.39 is 0 Å². The van der Waals surface area contributed by atoms with E-state index in [9.17, 15) is 4.79 Å². The molecule has 0 aliphatic rings. The Kier molecular flexibility index (Phi) is 5.17. The van der Waals surface area contributed by atoms with E-state index >= 15 is 0 Å². The van der Waals surface area contributed by atoms with Crippen LogP contribution >= 0.6 is 0 Å². The van der Waals surface area contributed by atoms with Gasteiger partial charge in [0.15, 0.2) is 5.76 Å². The van der Waals surface area contributed by atoms with Crippen LogP contribution in [-0.2, 0) is 13.0 Å². The molecule has 21 heavy (non-hydrogen) atoms. The molecule has 4 nitrogen and oxygen atoms in total. The molecule has 0 bridgehead atoms. The lowest BCUT2D eigenvalue weighted by Gasteiger charge is -2.10. The minimum atomic E-state index is -0.219. The number of furan rings is 1. The highest BCUT2D eigenvalue weighted by Crippen LogP contribution is 2.14. The Labute approximate surface area is 125 Å². The quantitative estimate of drug-likeness (QED) is 0.853. The highest BCUT2D eigenvalue weighted by Gasteiger charge is 2.11. The second-order valence-corrected chi connectivity index (χ2v) is 5.31. The average molecular weight is 286 g/mol. The first-order chi connectivity index (χ1) is 10.1. The minimum Gasteiger partial charge on any atom is -0.456 e. The van der Waals surface area contributed by atoms with Crippen LogP contribution in [0.4, 0.5) is 5.69 Å². The van der Waals surface area contributed by atoms with Gasteiger partial charge in [-0.25, -0.2) is 0 Å². The zero-order valence-corrected chi connectivity index (χ0v) is 12.8. The van der Waals surface area contributed by atoms with Crippen LogP contribution in [0.1, 0.15) is 42.6 Å². The summed E-state index contributed by atoms with van der Waals surface area (Å²) >= 11 is 0. The van der Waals surface area contributed by atoms with E-state index in [2.05, 4.69) is 24.5 Å². The lowest BCUT2D eigenvalue weighted by molar-refractivity contribution is 0.0995. The summed E-state index contributed by atoms with van der Waals surface area (Å²) in [4.78, 5) is 12.1. The molecule has 0 unspecified atom stereocenters. The first kappa shape index (κ1) is 15.3. The summed E-state index contributed by atoms with van der Waals surface area (Å²) in [5.41, 5.74) is 1.91. The summed E-state index contributed by atoms with van der Waals surface area (Å²) < 4.78 is 5.45. The number of carbonyl (C=O) groups excluding carboxylic acids is 1. The molecular weight excluding hydrogens is 264 g/mol. The van der Waals surface area contributed by atoms with Gasteiger partial charge in [-0.05, 0) is 29.8 Å². The molecule has 0 fully saturated rings. The summed E-state index contributed by atoms with van der Waals surface area (Å²) in [6.07, 6.45) is 0.781. The van der Waals surface area contributed by atoms with Crippen LogP contribution in [0.25, 0.3) is 0 Å². The van der Waals surface area contributed by atoms with Crippen molar-refractivity contribution in [2.24, 2.45) is 0 Å². The zero-order valence-electron chi connectivity index (χ0n) is 12.8. The number of anilines is 1. The van der Waals surface area contributed by atoms with E-state index in [0.29, 0.717) is 11.8 Å². The molecule has 1 amide bonds. The van der Waals surface area contributed by atoms with Gasteiger partial charge in [-0.15, -0.1) is 0 Å². The predicted octanol–water partition coefficient (Wildman–Crippen LogP) is 3.59. The van der Waals surface area contributed by atoms with E-state index in [1.54, 1.807) is 6.07 Å². The van der Waals surface area contributed by atoms with E-state index in [0.717, 1.165) is 30.0 Å². The maximum absolute atomic E-state index is 12.1. The smallest absolute Gasteiger partial charge is 0.291 e. The fourth-order valence-electron chi connectivity index (χ4n) is 1.96. The van der Waals surface area contributed by atoms with Crippen LogP contribution in [0.2, 0.25) is 0 Å². The normalized spacial score (nSPS) is 10.9. The first-order valence-electron chi connectivity index (χ1n) is 7.31. The summed E-state index contributed by atoms with van der Waals surface area (Å²) in [5.74, 6) is 0.941. The third-order valence-corrected chi connectivity index (χ3v) is 3.13. The Bertz CT molecular complexity index is 602. The molecule has 0 saturated heterocycles. The fourth-order valence-corrected chi connectivity index (χ4v) is 1.96. The molecule has 2 rings (SSSR count). The van der Waals surface area contributed by atoms with Crippen LogP contribution < -0.4 is 10.6 Å². The third-order valence-electron chi connectivity index (χ3n) is 3.13. The van der Waals surface area contributed by atoms with Crippen LogP contribution in [0.5, 0.6) is 0 Å². The Morgan fingerprint density at radius 1 is 1.24 bits per heavy atom. The Hall–Kier alpha value is -2.07. The number of carbonyl (C=O) groups is 1. The molecule has 2 aromatic rings. The van der Waals surface area contributed by atoms with Crippen molar-refractivity contribution in [3.05, 3.63) is 53.5 Å². The van der Waals surface area contributed by atoms with E-state index in [-0.39, 0.29) is 5.91 Å². The van der Waals surface area contributed by atoms with E-state index in [4.69, 9.17) is 4.42 Å². The minimum absolute atomic E-state index is 0.219. The lowest BCUT2D eigenvalue weighted by atomic mass is 10.2. The van der Waals surface area contributed by atoms with Crippen molar-refractivity contribution < 1.29 is 9.21 Å². The number of benzene rings is 1. The van der Waals surface area contributed by atoms with E-state index in [1.807, 2.05) is 37.3 Å². The number of rotatable bonds is 6. The van der Waals surface area contributed by atoms with E-state index in [1.165, 1.54) is 0 Å². The van der Waals surface area contributed by atoms with Gasteiger partial charge in [0.25, 0.3) is 5.91 Å². The maximum Gasteiger partial charge on any atom is 0.291 e. The molecule has 1 aromatic carbocycles. The molecule has 0 aliphatic heterocycles. The van der Waals surface area contributed by atoms with Gasteiger partial charge in [-0.1, -0.05) is 32.9 Å². The number of hydrogen-bond donors (Lipinski definition) is 2. The van der Waals surface area contributed by atoms with Gasteiger partial charge in [-0.2, -0.15) is 0 Å². The summed E-state index contributed by atoms with van der Waals surface area (Å²) in [6, 6.07) is 11.8. The zero-order chi connectivity index (χ0) is 15.2. The molecule has 2 N–H and O–H groups in total. The van der Waals surface area contributed by atoms with Crippen LogP contribution in [0, 0.1) is 0 Å². The van der Waals surface area contributed by atoms with Gasteiger partial charge in [-0.3, -0.25) is 4.79 Å². The number of nitrogens with one attached hydrogen (secondary N) is 2. The molecule has 0 spiro atoms. The first-order valence-corrected chi connectivity index (χ1v) is 7.31. The summed E-state index contributed by atoms with van der Waals surface area (Å²) in [7, 11) is 0. The van der Waals surface area contributed by atoms with Crippen LogP contribution in [-0.4, -0.2) is 11.9 Å². The molecule has 112 valence electrons. The largest absolute Gasteiger partial charge is 0.456 e. The standard InChI is InChI=1S/C17H22N2O2/c1-4-15-8-9-16(21-15)17(20)19-14-7-5-6-13(10-14)11-18-12(2)3/h5-10,12,18H,4,11H2,1-3H3,(H,19,20). The van der Waals surface area contributed by atoms with Crippen molar-refractivity contribution >= 4 is 11.6 Å². The SMILES string of the molecule is CCc1ccc(C(=O)Nc2cccc(CNC(C)C)c2)o1. The van der Waals surface area contributed by atoms with Gasteiger partial charge in [0.2, 0.25) is 0 Å². The van der Waals surface area contributed by atoms with Gasteiger partial charge in [0, 0.05) is 24.7 Å². The molecule has 1 aromatic heterocycles. The van der Waals surface area contributed by atoms with Gasteiger partial charge < -0.3 is 15.1 Å². The van der Waals surface area contributed by atoms with Gasteiger partial charge in [0.1, 0.15) is 5.76 Å². The molecule has 1 heterocycles. The summed E-state index contributed by atoms with van der Waals surface area (Å²) in [6.45, 7) is 6.98. The fraction of sp³-hybridized carbons (Fsp3) is 0.353. The number of amides is 1. The maximum atomic E-state index is 12.1. The third kappa shape index (κ3) is 4.46. The lowest BCUT2D eigenvalue weighted by Crippen LogP contribution is -2.21. The summed E-state index contributed by atoms with van der Waals surface area (Å²) in [5, 5.41) is 6.22. The molecule has 0 saturated carbocycles. The number of aryl methyl sites for hydroxylation is 1. The average Bonchev–Trinajstić information content (AvgIpc) is 2.94. The van der Waals surface area contributed by atoms with Crippen molar-refractivity contribution in [3.8, 4) is 0 Å². The molecular formula is C17H22N2O2. The molecule has 4 heteroatoms. The molecule has 0 aliphatic carbocycles. The van der Waals surface area contributed by atoms with Crippen molar-refractivity contribution in [2.75, 3.05) is 5.32 Å². The van der Waals surface area contributed by atoms with Gasteiger partial charge >= 0.3 is 0 Å². The molecule has 0 atom stereocenters. The highest BCUT2D eigenvalue weighted by atomic mass is 16.3. The van der Waals surface area contributed by atoms with Crippen LogP contribution in [0.3, 0.4) is 0 Å². The Balaban J connectivity index is 2.01. The second kappa shape index (κ2) is 7.09. The Morgan fingerprint density at radius 3 is 2.71 bits per heavy atom. The van der Waals surface area contributed by atoms with Crippen molar-refractivity contribution in [1.29, 1.82) is 0 Å². The van der Waals surface area contributed by atoms with Crippen LogP contribution in [0.15, 0.2) is 40.8 Å². The topological polar surface area (TPSA) is 54.3 Å². The monoisotopic (exact) mass is 286 g/mol. The Morgan fingerprint density at radius 2 is 2.05 bits per heavy atom. The van der Waals surface area contributed by atoms with Crippen molar-refractivity contribution in [2.45, 2.75) is 39.8 Å². The van der Waals surface area contributed by atoms with Crippen molar-refractivity contribution in [3.63, 3.8) is 0 Å². The predicted molar refractivity (Wildman–Crippen MR) is 84.5 cm³/mol. The van der Waals surface area contributed by atoms with Crippen molar-refractivity contribution in [1.82, 2.24) is 5.32 Å². The van der Waals surface area contributed by atoms with Gasteiger partial charge in [0.05, 0.1) is 0 Å². The molecule has 0 radical (unpaired) electrons. The highest BCUT2D eigenvalue weighted by molar-refractivity contribution is 6.02. The number of hydrogen-bond acceptors (Lipinski definition) is 3.